The number of rotatable bonds is 6. The average molecular weight is 334 g/mol. The maximum atomic E-state index is 12.1. The third-order valence-corrected chi connectivity index (χ3v) is 2.31. The van der Waals surface area contributed by atoms with Crippen LogP contribution < -0.4 is 4.74 Å². The van der Waals surface area contributed by atoms with Crippen molar-refractivity contribution in [1.29, 1.82) is 0 Å². The lowest BCUT2D eigenvalue weighted by molar-refractivity contribution is -0.161. The van der Waals surface area contributed by atoms with Crippen LogP contribution in [0.25, 0.3) is 0 Å². The van der Waals surface area contributed by atoms with Crippen LogP contribution in [0.5, 0.6) is 5.75 Å². The number of hydrogen-bond acceptors (Lipinski definition) is 6. The van der Waals surface area contributed by atoms with Gasteiger partial charge in [0.1, 0.15) is 17.6 Å². The van der Waals surface area contributed by atoms with E-state index in [1.165, 1.54) is 31.4 Å². The van der Waals surface area contributed by atoms with Crippen LogP contribution in [0.4, 0.5) is 13.2 Å². The fourth-order valence-electron chi connectivity index (χ4n) is 1.39. The van der Waals surface area contributed by atoms with Gasteiger partial charge in [-0.3, -0.25) is 0 Å². The van der Waals surface area contributed by atoms with Crippen LogP contribution in [-0.2, 0) is 19.0 Å². The summed E-state index contributed by atoms with van der Waals surface area (Å²) < 4.78 is 54.7. The number of para-hydroxylation sites is 1. The zero-order chi connectivity index (χ0) is 17.5. The minimum Gasteiger partial charge on any atom is -0.500 e. The quantitative estimate of drug-likeness (QED) is 0.452. The van der Waals surface area contributed by atoms with Crippen LogP contribution in [0.1, 0.15) is 10.4 Å². The first-order valence-electron chi connectivity index (χ1n) is 6.10. The van der Waals surface area contributed by atoms with E-state index in [1.54, 1.807) is 0 Å². The number of carbonyl (C=O) groups excluding carboxylic acids is 2. The molecule has 0 radical (unpaired) electrons. The Hall–Kier alpha value is -2.71. The predicted octanol–water partition coefficient (Wildman–Crippen LogP) is 2.45. The maximum absolute atomic E-state index is 12.1. The SMILES string of the molecule is COC=C(Oc1ccccc1C(=O)OCC(F)(F)F)C(=O)OC. The zero-order valence-electron chi connectivity index (χ0n) is 12.2. The molecule has 6 nitrogen and oxygen atoms in total. The zero-order valence-corrected chi connectivity index (χ0v) is 12.2. The van der Waals surface area contributed by atoms with Gasteiger partial charge in [-0.15, -0.1) is 0 Å². The number of carbonyl (C=O) groups is 2. The molecule has 1 aromatic carbocycles. The van der Waals surface area contributed by atoms with Crippen LogP contribution in [0.2, 0.25) is 0 Å². The van der Waals surface area contributed by atoms with E-state index in [1.807, 2.05) is 0 Å². The van der Waals surface area contributed by atoms with Crippen LogP contribution in [0, 0.1) is 0 Å². The summed E-state index contributed by atoms with van der Waals surface area (Å²) in [5.74, 6) is -2.73. The predicted molar refractivity (Wildman–Crippen MR) is 70.5 cm³/mol. The molecule has 0 aromatic heterocycles. The summed E-state index contributed by atoms with van der Waals surface area (Å²) in [6.07, 6.45) is -3.73. The summed E-state index contributed by atoms with van der Waals surface area (Å²) in [6.45, 7) is -1.74. The first-order valence-corrected chi connectivity index (χ1v) is 6.10. The van der Waals surface area contributed by atoms with Gasteiger partial charge in [0.25, 0.3) is 0 Å². The Morgan fingerprint density at radius 3 is 2.39 bits per heavy atom. The van der Waals surface area contributed by atoms with Crippen molar-refractivity contribution < 1.29 is 41.7 Å². The molecule has 0 fully saturated rings. The normalized spacial score (nSPS) is 11.6. The molecule has 126 valence electrons. The Kier molecular flexibility index (Phi) is 6.43. The second-order valence-corrected chi connectivity index (χ2v) is 4.00. The van der Waals surface area contributed by atoms with E-state index in [0.717, 1.165) is 13.4 Å². The van der Waals surface area contributed by atoms with Crippen LogP contribution >= 0.6 is 0 Å². The van der Waals surface area contributed by atoms with Crippen molar-refractivity contribution in [3.8, 4) is 5.75 Å². The summed E-state index contributed by atoms with van der Waals surface area (Å²) in [6, 6.07) is 5.32. The summed E-state index contributed by atoms with van der Waals surface area (Å²) in [7, 11) is 2.34. The number of methoxy groups -OCH3 is 2. The number of hydrogen-bond donors (Lipinski definition) is 0. The molecular weight excluding hydrogens is 321 g/mol. The molecule has 0 aliphatic carbocycles. The Bertz CT molecular complexity index is 594. The van der Waals surface area contributed by atoms with Gasteiger partial charge in [0.05, 0.1) is 14.2 Å². The molecule has 0 aliphatic rings. The fourth-order valence-corrected chi connectivity index (χ4v) is 1.39. The molecule has 0 amide bonds. The molecule has 9 heteroatoms. The molecule has 0 heterocycles. The molecule has 1 rings (SSSR count). The van der Waals surface area contributed by atoms with Crippen molar-refractivity contribution in [3.05, 3.63) is 41.9 Å². The minimum atomic E-state index is -4.65. The van der Waals surface area contributed by atoms with Gasteiger partial charge >= 0.3 is 18.1 Å². The molecule has 23 heavy (non-hydrogen) atoms. The Balaban J connectivity index is 2.98. The van der Waals surface area contributed by atoms with Crippen molar-refractivity contribution in [2.24, 2.45) is 0 Å². The number of ether oxygens (including phenoxy) is 4. The molecule has 0 N–H and O–H groups in total. The largest absolute Gasteiger partial charge is 0.500 e. The highest BCUT2D eigenvalue weighted by Gasteiger charge is 2.30. The molecule has 0 spiro atoms. The highest BCUT2D eigenvalue weighted by molar-refractivity contribution is 5.93. The lowest BCUT2D eigenvalue weighted by Gasteiger charge is -2.12. The number of halogens is 3. The average Bonchev–Trinajstić information content (AvgIpc) is 2.51. The number of benzene rings is 1. The Morgan fingerprint density at radius 2 is 1.83 bits per heavy atom. The lowest BCUT2D eigenvalue weighted by atomic mass is 10.2. The van der Waals surface area contributed by atoms with E-state index in [9.17, 15) is 22.8 Å². The molecule has 0 aliphatic heterocycles. The topological polar surface area (TPSA) is 71.1 Å². The van der Waals surface area contributed by atoms with Gasteiger partial charge in [-0.25, -0.2) is 9.59 Å². The van der Waals surface area contributed by atoms with E-state index in [0.29, 0.717) is 0 Å². The minimum absolute atomic E-state index is 0.187. The molecule has 0 bridgehead atoms. The van der Waals surface area contributed by atoms with Crippen molar-refractivity contribution in [2.45, 2.75) is 6.18 Å². The molecule has 0 saturated heterocycles. The fraction of sp³-hybridized carbons (Fsp3) is 0.286. The van der Waals surface area contributed by atoms with E-state index >= 15 is 0 Å². The van der Waals surface area contributed by atoms with Gasteiger partial charge < -0.3 is 18.9 Å². The van der Waals surface area contributed by atoms with Gasteiger partial charge in [0, 0.05) is 0 Å². The molecule has 0 saturated carbocycles. The standard InChI is InChI=1S/C14H13F3O6/c1-20-7-11(13(19)21-2)23-10-6-4-3-5-9(10)12(18)22-8-14(15,16)17/h3-7H,8H2,1-2H3. The lowest BCUT2D eigenvalue weighted by Crippen LogP contribution is -2.21. The van der Waals surface area contributed by atoms with Crippen molar-refractivity contribution in [1.82, 2.24) is 0 Å². The van der Waals surface area contributed by atoms with Gasteiger partial charge in [0.2, 0.25) is 5.76 Å². The third kappa shape index (κ3) is 5.89. The van der Waals surface area contributed by atoms with Crippen LogP contribution in [0.3, 0.4) is 0 Å². The van der Waals surface area contributed by atoms with E-state index in [4.69, 9.17) is 4.74 Å². The van der Waals surface area contributed by atoms with Gasteiger partial charge in [0.15, 0.2) is 6.61 Å². The molecule has 0 unspecified atom stereocenters. The third-order valence-electron chi connectivity index (χ3n) is 2.31. The molecule has 0 atom stereocenters. The first kappa shape index (κ1) is 18.3. The number of esters is 2. The summed E-state index contributed by atoms with van der Waals surface area (Å²) in [5.41, 5.74) is -0.289. The monoisotopic (exact) mass is 334 g/mol. The summed E-state index contributed by atoms with van der Waals surface area (Å²) in [4.78, 5) is 23.2. The summed E-state index contributed by atoms with van der Waals surface area (Å²) >= 11 is 0. The second-order valence-electron chi connectivity index (χ2n) is 4.00. The van der Waals surface area contributed by atoms with E-state index in [-0.39, 0.29) is 11.3 Å². The Labute approximate surface area is 129 Å². The Morgan fingerprint density at radius 1 is 1.17 bits per heavy atom. The molecular formula is C14H13F3O6. The first-order chi connectivity index (χ1) is 10.8. The number of alkyl halides is 3. The molecule has 1 aromatic rings. The van der Waals surface area contributed by atoms with Crippen molar-refractivity contribution in [3.63, 3.8) is 0 Å². The van der Waals surface area contributed by atoms with Crippen LogP contribution in [0.15, 0.2) is 36.3 Å². The van der Waals surface area contributed by atoms with Crippen molar-refractivity contribution >= 4 is 11.9 Å². The van der Waals surface area contributed by atoms with E-state index < -0.39 is 30.5 Å². The smallest absolute Gasteiger partial charge is 0.422 e. The van der Waals surface area contributed by atoms with Crippen LogP contribution in [-0.4, -0.2) is 38.9 Å². The maximum Gasteiger partial charge on any atom is 0.422 e. The highest BCUT2D eigenvalue weighted by Crippen LogP contribution is 2.23. The van der Waals surface area contributed by atoms with Crippen molar-refractivity contribution in [2.75, 3.05) is 20.8 Å². The van der Waals surface area contributed by atoms with Gasteiger partial charge in [-0.05, 0) is 12.1 Å². The van der Waals surface area contributed by atoms with Gasteiger partial charge in [-0.1, -0.05) is 12.1 Å². The summed E-state index contributed by atoms with van der Waals surface area (Å²) in [5, 5.41) is 0. The van der Waals surface area contributed by atoms with Gasteiger partial charge in [-0.2, -0.15) is 13.2 Å². The highest BCUT2D eigenvalue weighted by atomic mass is 19.4. The van der Waals surface area contributed by atoms with E-state index in [2.05, 4.69) is 14.2 Å². The second kappa shape index (κ2) is 8.06.